The minimum absolute atomic E-state index is 0.00801. The molecular weight excluding hydrogens is 579 g/mol. The number of hydrogen-bond acceptors (Lipinski definition) is 5. The number of aromatic carboxylic acids is 1. The van der Waals surface area contributed by atoms with Crippen LogP contribution in [-0.4, -0.2) is 47.7 Å². The third-order valence-corrected chi connectivity index (χ3v) is 7.48. The maximum Gasteiger partial charge on any atom is 0.407 e. The zero-order valence-electron chi connectivity index (χ0n) is 18.6. The first-order valence-electron chi connectivity index (χ1n) is 10.9. The van der Waals surface area contributed by atoms with Gasteiger partial charge in [0.1, 0.15) is 6.61 Å². The van der Waals surface area contributed by atoms with Crippen molar-refractivity contribution in [2.75, 3.05) is 30.0 Å². The number of carboxylic acid groups (broad SMARTS) is 1. The molecule has 9 heteroatoms. The fourth-order valence-corrected chi connectivity index (χ4v) is 5.10. The Hall–Kier alpha value is -3.05. The van der Waals surface area contributed by atoms with E-state index in [2.05, 4.69) is 34.9 Å². The van der Waals surface area contributed by atoms with Crippen LogP contribution in [0, 0.1) is 3.57 Å². The van der Waals surface area contributed by atoms with Gasteiger partial charge in [0.05, 0.1) is 17.0 Å². The van der Waals surface area contributed by atoms with Crippen molar-refractivity contribution in [3.63, 3.8) is 0 Å². The van der Waals surface area contributed by atoms with Gasteiger partial charge in [-0.2, -0.15) is 11.8 Å². The van der Waals surface area contributed by atoms with E-state index in [-0.39, 0.29) is 29.7 Å². The molecule has 0 aliphatic heterocycles. The molecule has 2 amide bonds. The van der Waals surface area contributed by atoms with Gasteiger partial charge in [0.25, 0.3) is 0 Å². The molecule has 0 saturated heterocycles. The molecule has 0 atom stereocenters. The number of thioether (sulfide) groups is 1. The van der Waals surface area contributed by atoms with Crippen molar-refractivity contribution in [1.29, 1.82) is 0 Å². The molecule has 0 fully saturated rings. The van der Waals surface area contributed by atoms with E-state index in [0.717, 1.165) is 14.7 Å². The Balaban J connectivity index is 1.18. The Morgan fingerprint density at radius 3 is 2.29 bits per heavy atom. The highest BCUT2D eigenvalue weighted by Crippen LogP contribution is 2.44. The SMILES string of the molecule is O=C(CSCCNC(=O)OCC1c2ccccc2-c2ccccc21)Nc1cc(C(=O)O)ccc1I. The summed E-state index contributed by atoms with van der Waals surface area (Å²) >= 11 is 3.40. The number of benzene rings is 3. The van der Waals surface area contributed by atoms with Crippen LogP contribution in [0.4, 0.5) is 10.5 Å². The van der Waals surface area contributed by atoms with Gasteiger partial charge in [-0.05, 0) is 63.0 Å². The Labute approximate surface area is 220 Å². The highest BCUT2D eigenvalue weighted by atomic mass is 127. The number of ether oxygens (including phenoxy) is 1. The minimum Gasteiger partial charge on any atom is -0.478 e. The number of halogens is 1. The first kappa shape index (κ1) is 25.1. The molecule has 180 valence electrons. The largest absolute Gasteiger partial charge is 0.478 e. The standard InChI is InChI=1S/C26H23IN2O5S/c27-22-10-9-16(25(31)32)13-23(22)29-24(30)15-35-12-11-28-26(33)34-14-21-19-7-3-1-5-17(19)18-6-2-4-8-20(18)21/h1-10,13,21H,11-12,14-15H2,(H,28,33)(H,29,30)(H,31,32). The van der Waals surface area contributed by atoms with Gasteiger partial charge in [0, 0.05) is 21.8 Å². The van der Waals surface area contributed by atoms with Gasteiger partial charge < -0.3 is 20.5 Å². The summed E-state index contributed by atoms with van der Waals surface area (Å²) in [6, 6.07) is 20.9. The van der Waals surface area contributed by atoms with E-state index in [0.29, 0.717) is 18.0 Å². The Morgan fingerprint density at radius 1 is 0.971 bits per heavy atom. The van der Waals surface area contributed by atoms with Crippen molar-refractivity contribution < 1.29 is 24.2 Å². The van der Waals surface area contributed by atoms with E-state index in [1.54, 1.807) is 6.07 Å². The smallest absolute Gasteiger partial charge is 0.407 e. The lowest BCUT2D eigenvalue weighted by molar-refractivity contribution is -0.113. The molecule has 0 saturated carbocycles. The van der Waals surface area contributed by atoms with E-state index >= 15 is 0 Å². The molecule has 1 aliphatic carbocycles. The Bertz CT molecular complexity index is 1220. The second kappa shape index (κ2) is 11.6. The van der Waals surface area contributed by atoms with Gasteiger partial charge in [0.15, 0.2) is 0 Å². The predicted molar refractivity (Wildman–Crippen MR) is 145 cm³/mol. The maximum atomic E-state index is 12.2. The van der Waals surface area contributed by atoms with Gasteiger partial charge in [-0.25, -0.2) is 9.59 Å². The van der Waals surface area contributed by atoms with Crippen molar-refractivity contribution in [1.82, 2.24) is 5.32 Å². The minimum atomic E-state index is -1.05. The molecule has 0 bridgehead atoms. The zero-order valence-corrected chi connectivity index (χ0v) is 21.6. The lowest BCUT2D eigenvalue weighted by atomic mass is 9.98. The van der Waals surface area contributed by atoms with Gasteiger partial charge in [-0.15, -0.1) is 0 Å². The molecule has 0 unspecified atom stereocenters. The van der Waals surface area contributed by atoms with Crippen molar-refractivity contribution in [3.05, 3.63) is 87.0 Å². The van der Waals surface area contributed by atoms with Crippen LogP contribution < -0.4 is 10.6 Å². The molecule has 0 heterocycles. The summed E-state index contributed by atoms with van der Waals surface area (Å²) in [5.41, 5.74) is 5.25. The molecule has 0 spiro atoms. The van der Waals surface area contributed by atoms with E-state index < -0.39 is 12.1 Å². The monoisotopic (exact) mass is 602 g/mol. The summed E-state index contributed by atoms with van der Waals surface area (Å²) in [7, 11) is 0. The van der Waals surface area contributed by atoms with E-state index in [1.807, 2.05) is 46.9 Å². The fourth-order valence-electron chi connectivity index (χ4n) is 3.98. The number of carboxylic acids is 1. The first-order chi connectivity index (χ1) is 16.9. The molecule has 3 aromatic carbocycles. The number of nitrogens with one attached hydrogen (secondary N) is 2. The van der Waals surface area contributed by atoms with E-state index in [9.17, 15) is 14.4 Å². The summed E-state index contributed by atoms with van der Waals surface area (Å²) in [5.74, 6) is -0.570. The molecule has 1 aliphatic rings. The topological polar surface area (TPSA) is 105 Å². The van der Waals surface area contributed by atoms with Crippen LogP contribution in [0.5, 0.6) is 0 Å². The van der Waals surface area contributed by atoms with Gasteiger partial charge >= 0.3 is 12.1 Å². The summed E-state index contributed by atoms with van der Waals surface area (Å²) < 4.78 is 6.26. The second-order valence-electron chi connectivity index (χ2n) is 7.85. The first-order valence-corrected chi connectivity index (χ1v) is 13.2. The number of alkyl carbamates (subject to hydrolysis) is 1. The number of rotatable bonds is 9. The van der Waals surface area contributed by atoms with Crippen LogP contribution in [0.15, 0.2) is 66.7 Å². The second-order valence-corrected chi connectivity index (χ2v) is 10.1. The average Bonchev–Trinajstić information content (AvgIpc) is 3.17. The van der Waals surface area contributed by atoms with Crippen LogP contribution >= 0.6 is 34.4 Å². The van der Waals surface area contributed by atoms with Crippen LogP contribution in [0.1, 0.15) is 27.4 Å². The molecule has 35 heavy (non-hydrogen) atoms. The Morgan fingerprint density at radius 2 is 1.63 bits per heavy atom. The molecule has 0 radical (unpaired) electrons. The predicted octanol–water partition coefficient (Wildman–Crippen LogP) is 5.20. The van der Waals surface area contributed by atoms with Gasteiger partial charge in [-0.3, -0.25) is 4.79 Å². The Kier molecular flexibility index (Phi) is 8.29. The van der Waals surface area contributed by atoms with Crippen molar-refractivity contribution in [2.24, 2.45) is 0 Å². The number of anilines is 1. The fraction of sp³-hybridized carbons (Fsp3) is 0.192. The number of fused-ring (bicyclic) bond motifs is 3. The van der Waals surface area contributed by atoms with Crippen molar-refractivity contribution >= 4 is 58.0 Å². The highest BCUT2D eigenvalue weighted by Gasteiger charge is 2.28. The van der Waals surface area contributed by atoms with Crippen LogP contribution in [0.2, 0.25) is 0 Å². The molecule has 7 nitrogen and oxygen atoms in total. The van der Waals surface area contributed by atoms with Gasteiger partial charge in [0.2, 0.25) is 5.91 Å². The summed E-state index contributed by atoms with van der Waals surface area (Å²) in [4.78, 5) is 35.5. The lowest BCUT2D eigenvalue weighted by Crippen LogP contribution is -2.28. The third kappa shape index (κ3) is 6.15. The van der Waals surface area contributed by atoms with E-state index in [1.165, 1.54) is 35.0 Å². The number of hydrogen-bond donors (Lipinski definition) is 3. The highest BCUT2D eigenvalue weighted by molar-refractivity contribution is 14.1. The maximum absolute atomic E-state index is 12.2. The van der Waals surface area contributed by atoms with Crippen LogP contribution in [-0.2, 0) is 9.53 Å². The quantitative estimate of drug-likeness (QED) is 0.230. The summed E-state index contributed by atoms with van der Waals surface area (Å²) in [6.45, 7) is 0.615. The molecule has 3 N–H and O–H groups in total. The summed E-state index contributed by atoms with van der Waals surface area (Å²) in [5, 5.41) is 14.6. The zero-order chi connectivity index (χ0) is 24.8. The number of carbonyl (C=O) groups excluding carboxylic acids is 2. The number of carbonyl (C=O) groups is 3. The van der Waals surface area contributed by atoms with Crippen LogP contribution in [0.25, 0.3) is 11.1 Å². The van der Waals surface area contributed by atoms with Crippen LogP contribution in [0.3, 0.4) is 0 Å². The molecular formula is C26H23IN2O5S. The molecule has 4 rings (SSSR count). The normalized spacial score (nSPS) is 11.9. The molecule has 0 aromatic heterocycles. The summed E-state index contributed by atoms with van der Waals surface area (Å²) in [6.07, 6.45) is -0.489. The molecule has 3 aromatic rings. The average molecular weight is 602 g/mol. The van der Waals surface area contributed by atoms with E-state index in [4.69, 9.17) is 9.84 Å². The number of amides is 2. The van der Waals surface area contributed by atoms with Gasteiger partial charge in [-0.1, -0.05) is 48.5 Å². The van der Waals surface area contributed by atoms with Crippen molar-refractivity contribution in [3.8, 4) is 11.1 Å². The lowest BCUT2D eigenvalue weighted by Gasteiger charge is -2.14. The third-order valence-electron chi connectivity index (χ3n) is 5.58. The van der Waals surface area contributed by atoms with Crippen molar-refractivity contribution in [2.45, 2.75) is 5.92 Å².